The van der Waals surface area contributed by atoms with Crippen molar-refractivity contribution in [1.29, 1.82) is 0 Å². The molecule has 0 aromatic heterocycles. The molecule has 1 aliphatic carbocycles. The third-order valence-corrected chi connectivity index (χ3v) is 7.85. The third kappa shape index (κ3) is 4.24. The first kappa shape index (κ1) is 22.6. The molecule has 0 bridgehead atoms. The molecule has 3 aromatic rings. The molecular formula is C25H21N3O6S. The number of aromatic carboxylic acids is 1. The Balaban J connectivity index is 1.45. The quantitative estimate of drug-likeness (QED) is 0.253. The van der Waals surface area contributed by atoms with Crippen molar-refractivity contribution in [3.63, 3.8) is 0 Å². The summed E-state index contributed by atoms with van der Waals surface area (Å²) in [5.41, 5.74) is 2.78. The molecule has 0 saturated carbocycles. The molecule has 5 rings (SSSR count). The van der Waals surface area contributed by atoms with Crippen LogP contribution in [-0.4, -0.2) is 24.4 Å². The fourth-order valence-corrected chi connectivity index (χ4v) is 5.89. The summed E-state index contributed by atoms with van der Waals surface area (Å²) < 4.78 is 28.6. The van der Waals surface area contributed by atoms with Crippen LogP contribution in [0.1, 0.15) is 39.9 Å². The summed E-state index contributed by atoms with van der Waals surface area (Å²) in [6.45, 7) is 0. The second-order valence-corrected chi connectivity index (χ2v) is 10.2. The highest BCUT2D eigenvalue weighted by atomic mass is 32.2. The second-order valence-electron chi connectivity index (χ2n) is 8.56. The maximum Gasteiger partial charge on any atom is 0.335 e. The average Bonchev–Trinajstić information content (AvgIpc) is 3.34. The number of carboxylic acids is 1. The van der Waals surface area contributed by atoms with E-state index in [1.54, 1.807) is 24.3 Å². The van der Waals surface area contributed by atoms with E-state index in [0.29, 0.717) is 0 Å². The van der Waals surface area contributed by atoms with Gasteiger partial charge in [-0.2, -0.15) is 0 Å². The van der Waals surface area contributed by atoms with Crippen molar-refractivity contribution in [2.75, 3.05) is 10.0 Å². The summed E-state index contributed by atoms with van der Waals surface area (Å²) >= 11 is 0. The number of sulfonamides is 1. The number of fused-ring (bicyclic) bond motifs is 3. The van der Waals surface area contributed by atoms with E-state index in [4.69, 9.17) is 5.11 Å². The minimum Gasteiger partial charge on any atom is -0.478 e. The maximum atomic E-state index is 13.1. The van der Waals surface area contributed by atoms with Crippen molar-refractivity contribution >= 4 is 33.1 Å². The van der Waals surface area contributed by atoms with Crippen LogP contribution in [0.2, 0.25) is 0 Å². The molecule has 0 unspecified atom stereocenters. The number of allylic oxidation sites excluding steroid dienone is 2. The van der Waals surface area contributed by atoms with Crippen LogP contribution in [0.3, 0.4) is 0 Å². The molecular weight excluding hydrogens is 470 g/mol. The Morgan fingerprint density at radius 3 is 2.57 bits per heavy atom. The van der Waals surface area contributed by atoms with Crippen molar-refractivity contribution in [3.05, 3.63) is 106 Å². The first-order valence-corrected chi connectivity index (χ1v) is 12.4. The lowest BCUT2D eigenvalue weighted by atomic mass is 9.77. The minimum absolute atomic E-state index is 0.0292. The van der Waals surface area contributed by atoms with Crippen LogP contribution < -0.4 is 10.0 Å². The van der Waals surface area contributed by atoms with Gasteiger partial charge in [-0.15, -0.1) is 0 Å². The number of nitrogens with one attached hydrogen (secondary N) is 2. The van der Waals surface area contributed by atoms with Crippen LogP contribution in [0, 0.1) is 16.0 Å². The Morgan fingerprint density at radius 1 is 1.09 bits per heavy atom. The summed E-state index contributed by atoms with van der Waals surface area (Å²) in [5.74, 6) is -1.05. The van der Waals surface area contributed by atoms with Crippen LogP contribution >= 0.6 is 0 Å². The minimum atomic E-state index is -3.91. The number of hydrogen-bond donors (Lipinski definition) is 3. The van der Waals surface area contributed by atoms with Crippen LogP contribution in [0.4, 0.5) is 17.1 Å². The van der Waals surface area contributed by atoms with Crippen LogP contribution in [-0.2, 0) is 10.0 Å². The Labute approximate surface area is 201 Å². The fourth-order valence-electron chi connectivity index (χ4n) is 4.80. The average molecular weight is 492 g/mol. The standard InChI is InChI=1S/C25H21N3O6S/c29-25(30)15-7-9-17(10-8-15)27-35(33,34)19-11-12-23-22(14-19)20-5-2-6-21(20)24(26-23)16-3-1-4-18(13-16)28(31)32/h1-5,7-14,20-21,24,26-27H,6H2,(H,29,30)/t20-,21-,24+/m1/s1. The normalized spacial score (nSPS) is 20.4. The van der Waals surface area contributed by atoms with Crippen molar-refractivity contribution in [2.45, 2.75) is 23.3 Å². The molecule has 178 valence electrons. The van der Waals surface area contributed by atoms with Gasteiger partial charge in [0.05, 0.1) is 21.4 Å². The first-order valence-electron chi connectivity index (χ1n) is 10.9. The molecule has 10 heteroatoms. The number of nitrogens with zero attached hydrogens (tertiary/aromatic N) is 1. The summed E-state index contributed by atoms with van der Waals surface area (Å²) in [6.07, 6.45) is 4.87. The van der Waals surface area contributed by atoms with Gasteiger partial charge in [0.1, 0.15) is 0 Å². The molecule has 9 nitrogen and oxygen atoms in total. The number of benzene rings is 3. The molecule has 0 fully saturated rings. The molecule has 0 radical (unpaired) electrons. The Hall–Kier alpha value is -4.18. The van der Waals surface area contributed by atoms with Gasteiger partial charge in [0.15, 0.2) is 0 Å². The second kappa shape index (κ2) is 8.55. The van der Waals surface area contributed by atoms with Gasteiger partial charge in [-0.05, 0) is 65.9 Å². The van der Waals surface area contributed by atoms with Gasteiger partial charge in [0, 0.05) is 29.4 Å². The SMILES string of the molecule is O=C(O)c1ccc(NS(=O)(=O)c2ccc3c(c2)[C@@H]2C=CC[C@H]2[C@H](c2cccc([N+](=O)[O-])c2)N3)cc1. The van der Waals surface area contributed by atoms with E-state index < -0.39 is 20.9 Å². The topological polar surface area (TPSA) is 139 Å². The monoisotopic (exact) mass is 491 g/mol. The van der Waals surface area contributed by atoms with Gasteiger partial charge in [0.2, 0.25) is 0 Å². The molecule has 1 heterocycles. The van der Waals surface area contributed by atoms with E-state index in [0.717, 1.165) is 23.2 Å². The number of non-ortho nitro benzene ring substituents is 1. The van der Waals surface area contributed by atoms with Gasteiger partial charge in [-0.25, -0.2) is 13.2 Å². The van der Waals surface area contributed by atoms with Crippen LogP contribution in [0.15, 0.2) is 83.8 Å². The number of anilines is 2. The van der Waals surface area contributed by atoms with Crippen molar-refractivity contribution in [1.82, 2.24) is 0 Å². The van der Waals surface area contributed by atoms with E-state index in [9.17, 15) is 23.3 Å². The molecule has 3 aromatic carbocycles. The first-order chi connectivity index (χ1) is 16.7. The zero-order valence-electron chi connectivity index (χ0n) is 18.3. The number of hydrogen-bond acceptors (Lipinski definition) is 6. The molecule has 0 amide bonds. The summed E-state index contributed by atoms with van der Waals surface area (Å²) in [6, 6.07) is 16.8. The molecule has 3 N–H and O–H groups in total. The van der Waals surface area contributed by atoms with E-state index in [1.165, 1.54) is 36.4 Å². The number of carboxylic acid groups (broad SMARTS) is 1. The summed E-state index contributed by atoms with van der Waals surface area (Å²) in [7, 11) is -3.91. The van der Waals surface area contributed by atoms with Gasteiger partial charge in [-0.3, -0.25) is 14.8 Å². The number of rotatable bonds is 6. The Bertz CT molecular complexity index is 1470. The zero-order valence-corrected chi connectivity index (χ0v) is 19.1. The van der Waals surface area contributed by atoms with E-state index in [-0.39, 0.29) is 39.7 Å². The maximum absolute atomic E-state index is 13.1. The van der Waals surface area contributed by atoms with Gasteiger partial charge >= 0.3 is 5.97 Å². The van der Waals surface area contributed by atoms with E-state index in [1.807, 2.05) is 6.07 Å². The predicted molar refractivity (Wildman–Crippen MR) is 130 cm³/mol. The Kier molecular flexibility index (Phi) is 5.52. The highest BCUT2D eigenvalue weighted by molar-refractivity contribution is 7.92. The molecule has 2 aliphatic rings. The number of nitro groups is 1. The van der Waals surface area contributed by atoms with E-state index >= 15 is 0 Å². The number of carbonyl (C=O) groups is 1. The fraction of sp³-hybridized carbons (Fsp3) is 0.160. The zero-order chi connectivity index (χ0) is 24.7. The van der Waals surface area contributed by atoms with Gasteiger partial charge in [0.25, 0.3) is 15.7 Å². The molecule has 3 atom stereocenters. The molecule has 1 aliphatic heterocycles. The van der Waals surface area contributed by atoms with Crippen LogP contribution in [0.25, 0.3) is 0 Å². The predicted octanol–water partition coefficient (Wildman–Crippen LogP) is 4.92. The lowest BCUT2D eigenvalue weighted by molar-refractivity contribution is -0.384. The smallest absolute Gasteiger partial charge is 0.335 e. The summed E-state index contributed by atoms with van der Waals surface area (Å²) in [5, 5.41) is 23.7. The molecule has 35 heavy (non-hydrogen) atoms. The van der Waals surface area contributed by atoms with Crippen molar-refractivity contribution < 1.29 is 23.2 Å². The van der Waals surface area contributed by atoms with Gasteiger partial charge in [-0.1, -0.05) is 24.3 Å². The largest absolute Gasteiger partial charge is 0.478 e. The highest BCUT2D eigenvalue weighted by Crippen LogP contribution is 2.50. The molecule has 0 saturated heterocycles. The van der Waals surface area contributed by atoms with Crippen LogP contribution in [0.5, 0.6) is 0 Å². The van der Waals surface area contributed by atoms with E-state index in [2.05, 4.69) is 22.2 Å². The lowest BCUT2D eigenvalue weighted by Crippen LogP contribution is -2.29. The van der Waals surface area contributed by atoms with Crippen molar-refractivity contribution in [2.24, 2.45) is 5.92 Å². The molecule has 0 spiro atoms. The van der Waals surface area contributed by atoms with Crippen molar-refractivity contribution in [3.8, 4) is 0 Å². The highest BCUT2D eigenvalue weighted by Gasteiger charge is 2.38. The third-order valence-electron chi connectivity index (χ3n) is 6.47. The lowest BCUT2D eigenvalue weighted by Gasteiger charge is -2.37. The van der Waals surface area contributed by atoms with Gasteiger partial charge < -0.3 is 10.4 Å². The number of nitro benzene ring substituents is 1. The Morgan fingerprint density at radius 2 is 1.86 bits per heavy atom. The summed E-state index contributed by atoms with van der Waals surface area (Å²) in [4.78, 5) is 22.0.